The maximum absolute atomic E-state index is 11.8. The monoisotopic (exact) mass is 348 g/mol. The molecule has 0 spiro atoms. The Bertz CT molecular complexity index is 754. The summed E-state index contributed by atoms with van der Waals surface area (Å²) < 4.78 is 5.28. The summed E-state index contributed by atoms with van der Waals surface area (Å²) in [7, 11) is 0. The number of hydrogen-bond donors (Lipinski definition) is 1. The largest absolute Gasteiger partial charge is 0.444 e. The minimum absolute atomic E-state index is 0.0491. The van der Waals surface area contributed by atoms with Gasteiger partial charge in [0.2, 0.25) is 0 Å². The van der Waals surface area contributed by atoms with Crippen LogP contribution in [0.15, 0.2) is 24.3 Å². The molecule has 0 aliphatic carbocycles. The molecule has 0 bridgehead atoms. The number of rotatable bonds is 3. The molecule has 1 aliphatic rings. The molecule has 0 saturated carbocycles. The lowest BCUT2D eigenvalue weighted by Gasteiger charge is -2.41. The van der Waals surface area contributed by atoms with E-state index in [1.807, 2.05) is 45.0 Å². The SMILES string of the molecule is CC(C)(C)OC(=O)NC1CN(c2nc(CCl)nc3ccccc23)C1. The van der Waals surface area contributed by atoms with Crippen LogP contribution in [0.2, 0.25) is 0 Å². The smallest absolute Gasteiger partial charge is 0.407 e. The second-order valence-electron chi connectivity index (χ2n) is 6.86. The topological polar surface area (TPSA) is 67.3 Å². The molecule has 0 atom stereocenters. The van der Waals surface area contributed by atoms with Gasteiger partial charge < -0.3 is 15.0 Å². The molecule has 2 aromatic rings. The summed E-state index contributed by atoms with van der Waals surface area (Å²) in [6.07, 6.45) is -0.388. The molecule has 3 rings (SSSR count). The third kappa shape index (κ3) is 3.70. The van der Waals surface area contributed by atoms with Crippen LogP contribution in [-0.2, 0) is 10.6 Å². The predicted octanol–water partition coefficient (Wildman–Crippen LogP) is 3.08. The maximum Gasteiger partial charge on any atom is 0.407 e. The van der Waals surface area contributed by atoms with Crippen LogP contribution in [0.3, 0.4) is 0 Å². The number of carbonyl (C=O) groups excluding carboxylic acids is 1. The highest BCUT2D eigenvalue weighted by Crippen LogP contribution is 2.27. The molecule has 0 unspecified atom stereocenters. The van der Waals surface area contributed by atoms with Crippen molar-refractivity contribution in [2.75, 3.05) is 18.0 Å². The molecule has 24 heavy (non-hydrogen) atoms. The number of amides is 1. The third-order valence-electron chi connectivity index (χ3n) is 3.65. The molecular formula is C17H21ClN4O2. The Morgan fingerprint density at radius 1 is 1.33 bits per heavy atom. The molecule has 1 N–H and O–H groups in total. The van der Waals surface area contributed by atoms with E-state index in [1.165, 1.54) is 0 Å². The highest BCUT2D eigenvalue weighted by atomic mass is 35.5. The lowest BCUT2D eigenvalue weighted by molar-refractivity contribution is 0.0496. The number of nitrogens with zero attached hydrogens (tertiary/aromatic N) is 3. The van der Waals surface area contributed by atoms with E-state index in [4.69, 9.17) is 16.3 Å². The fourth-order valence-electron chi connectivity index (χ4n) is 2.62. The Morgan fingerprint density at radius 3 is 2.71 bits per heavy atom. The summed E-state index contributed by atoms with van der Waals surface area (Å²) in [4.78, 5) is 22.9. The van der Waals surface area contributed by atoms with E-state index in [2.05, 4.69) is 20.2 Å². The molecule has 0 radical (unpaired) electrons. The Balaban J connectivity index is 1.70. The van der Waals surface area contributed by atoms with Gasteiger partial charge in [-0.3, -0.25) is 0 Å². The Morgan fingerprint density at radius 2 is 2.04 bits per heavy atom. The summed E-state index contributed by atoms with van der Waals surface area (Å²) in [6.45, 7) is 6.91. The minimum atomic E-state index is -0.494. The summed E-state index contributed by atoms with van der Waals surface area (Å²) in [5.41, 5.74) is 0.382. The molecule has 128 valence electrons. The first kappa shape index (κ1) is 16.8. The number of para-hydroxylation sites is 1. The van der Waals surface area contributed by atoms with Gasteiger partial charge in [-0.1, -0.05) is 12.1 Å². The lowest BCUT2D eigenvalue weighted by atomic mass is 10.1. The van der Waals surface area contributed by atoms with E-state index in [0.29, 0.717) is 18.9 Å². The molecule has 2 heterocycles. The fraction of sp³-hybridized carbons (Fsp3) is 0.471. The van der Waals surface area contributed by atoms with Crippen LogP contribution < -0.4 is 10.2 Å². The average Bonchev–Trinajstić information content (AvgIpc) is 2.47. The Hall–Kier alpha value is -2.08. The van der Waals surface area contributed by atoms with Gasteiger partial charge in [-0.25, -0.2) is 14.8 Å². The number of halogens is 1. The number of alkyl halides is 1. The first-order chi connectivity index (χ1) is 11.4. The van der Waals surface area contributed by atoms with E-state index in [9.17, 15) is 4.79 Å². The first-order valence-electron chi connectivity index (χ1n) is 7.92. The molecule has 1 aliphatic heterocycles. The number of ether oxygens (including phenoxy) is 1. The van der Waals surface area contributed by atoms with Crippen molar-refractivity contribution in [3.63, 3.8) is 0 Å². The van der Waals surface area contributed by atoms with Crippen LogP contribution in [0, 0.1) is 0 Å². The summed E-state index contributed by atoms with van der Waals surface area (Å²) in [6, 6.07) is 7.91. The molecule has 1 aromatic carbocycles. The number of alkyl carbamates (subject to hydrolysis) is 1. The molecule has 7 heteroatoms. The number of nitrogens with one attached hydrogen (secondary N) is 1. The van der Waals surface area contributed by atoms with Crippen LogP contribution >= 0.6 is 11.6 Å². The highest BCUT2D eigenvalue weighted by Gasteiger charge is 2.31. The number of benzene rings is 1. The summed E-state index contributed by atoms with van der Waals surface area (Å²) >= 11 is 5.91. The first-order valence-corrected chi connectivity index (χ1v) is 8.45. The standard InChI is InChI=1S/C17H21ClN4O2/c1-17(2,3)24-16(23)19-11-9-22(10-11)15-12-6-4-5-7-13(12)20-14(8-18)21-15/h4-7,11H,8-10H2,1-3H3,(H,19,23). The number of carbonyl (C=O) groups is 1. The van der Waals surface area contributed by atoms with E-state index in [1.54, 1.807) is 0 Å². The second kappa shape index (κ2) is 6.43. The van der Waals surface area contributed by atoms with Gasteiger partial charge in [0.25, 0.3) is 0 Å². The zero-order chi connectivity index (χ0) is 17.3. The van der Waals surface area contributed by atoms with Gasteiger partial charge in [0.15, 0.2) is 0 Å². The van der Waals surface area contributed by atoms with Crippen LogP contribution in [0.5, 0.6) is 0 Å². The molecule has 6 nitrogen and oxygen atoms in total. The van der Waals surface area contributed by atoms with Gasteiger partial charge >= 0.3 is 6.09 Å². The number of aromatic nitrogens is 2. The minimum Gasteiger partial charge on any atom is -0.444 e. The molecule has 1 saturated heterocycles. The van der Waals surface area contributed by atoms with Crippen molar-refractivity contribution in [2.24, 2.45) is 0 Å². The quantitative estimate of drug-likeness (QED) is 0.863. The third-order valence-corrected chi connectivity index (χ3v) is 3.89. The van der Waals surface area contributed by atoms with Crippen LogP contribution in [0.1, 0.15) is 26.6 Å². The molecular weight excluding hydrogens is 328 g/mol. The molecule has 1 amide bonds. The van der Waals surface area contributed by atoms with Crippen molar-refractivity contribution in [3.05, 3.63) is 30.1 Å². The number of fused-ring (bicyclic) bond motifs is 1. The molecule has 1 aromatic heterocycles. The van der Waals surface area contributed by atoms with Crippen molar-refractivity contribution in [2.45, 2.75) is 38.3 Å². The van der Waals surface area contributed by atoms with Crippen LogP contribution in [0.25, 0.3) is 10.9 Å². The van der Waals surface area contributed by atoms with Gasteiger partial charge in [0.1, 0.15) is 17.2 Å². The van der Waals surface area contributed by atoms with Gasteiger partial charge in [-0.2, -0.15) is 0 Å². The highest BCUT2D eigenvalue weighted by molar-refractivity contribution is 6.16. The average molecular weight is 349 g/mol. The second-order valence-corrected chi connectivity index (χ2v) is 7.13. The van der Waals surface area contributed by atoms with Gasteiger partial charge in [0.05, 0.1) is 17.4 Å². The van der Waals surface area contributed by atoms with E-state index >= 15 is 0 Å². The fourth-order valence-corrected chi connectivity index (χ4v) is 2.74. The van der Waals surface area contributed by atoms with Crippen molar-refractivity contribution >= 4 is 34.4 Å². The number of anilines is 1. The number of hydrogen-bond acceptors (Lipinski definition) is 5. The Labute approximate surface area is 146 Å². The molecule has 1 fully saturated rings. The van der Waals surface area contributed by atoms with Crippen molar-refractivity contribution < 1.29 is 9.53 Å². The van der Waals surface area contributed by atoms with Crippen molar-refractivity contribution in [1.82, 2.24) is 15.3 Å². The van der Waals surface area contributed by atoms with E-state index in [-0.39, 0.29) is 18.0 Å². The van der Waals surface area contributed by atoms with Crippen molar-refractivity contribution in [1.29, 1.82) is 0 Å². The summed E-state index contributed by atoms with van der Waals surface area (Å²) in [5, 5.41) is 3.87. The normalized spacial score (nSPS) is 15.2. The van der Waals surface area contributed by atoms with Crippen LogP contribution in [-0.4, -0.2) is 40.8 Å². The predicted molar refractivity (Wildman–Crippen MR) is 94.5 cm³/mol. The van der Waals surface area contributed by atoms with Gasteiger partial charge in [-0.05, 0) is 32.9 Å². The van der Waals surface area contributed by atoms with E-state index in [0.717, 1.165) is 16.7 Å². The van der Waals surface area contributed by atoms with Crippen LogP contribution in [0.4, 0.5) is 10.6 Å². The van der Waals surface area contributed by atoms with Gasteiger partial charge in [-0.15, -0.1) is 11.6 Å². The zero-order valence-electron chi connectivity index (χ0n) is 14.0. The van der Waals surface area contributed by atoms with Gasteiger partial charge in [0, 0.05) is 18.5 Å². The Kier molecular flexibility index (Phi) is 4.49. The lowest BCUT2D eigenvalue weighted by Crippen LogP contribution is -2.60. The zero-order valence-corrected chi connectivity index (χ0v) is 14.8. The van der Waals surface area contributed by atoms with E-state index < -0.39 is 5.60 Å². The van der Waals surface area contributed by atoms with Crippen molar-refractivity contribution in [3.8, 4) is 0 Å². The maximum atomic E-state index is 11.8. The summed E-state index contributed by atoms with van der Waals surface area (Å²) in [5.74, 6) is 1.73.